The average molecular weight is 671 g/mol. The molecule has 7 aromatic rings. The highest BCUT2D eigenvalue weighted by Gasteiger charge is 2.15. The van der Waals surface area contributed by atoms with Gasteiger partial charge in [-0.1, -0.05) is 54.6 Å². The van der Waals surface area contributed by atoms with E-state index in [-0.39, 0.29) is 0 Å². The molecule has 7 rings (SSSR count). The molecule has 0 aliphatic rings. The summed E-state index contributed by atoms with van der Waals surface area (Å²) in [5.74, 6) is 0. The van der Waals surface area contributed by atoms with Gasteiger partial charge in [-0.25, -0.2) is 0 Å². The molecule has 0 radical (unpaired) electrons. The number of aryl methyl sites for hydroxylation is 4. The van der Waals surface area contributed by atoms with Crippen molar-refractivity contribution in [3.63, 3.8) is 0 Å². The molecule has 0 atom stereocenters. The molecule has 0 unspecified atom stereocenters. The molecule has 0 heterocycles. The fraction of sp³-hybridized carbons (Fsp3) is 0.0833. The highest BCUT2D eigenvalue weighted by molar-refractivity contribution is 5.91. The first-order valence-electron chi connectivity index (χ1n) is 17.4. The third-order valence-electron chi connectivity index (χ3n) is 9.73. The molecule has 4 heteroatoms. The van der Waals surface area contributed by atoms with Crippen molar-refractivity contribution in [3.05, 3.63) is 190 Å². The molecule has 0 fully saturated rings. The number of hydrogen-bond acceptors (Lipinski definition) is 4. The number of nitrogens with zero attached hydrogens (tertiary/aromatic N) is 4. The standard InChI is InChI=1S/C48H38N4/c1-33-5-18-46(27-35(33)3)51(44-22-12-39(31-49)13-23-44)43-20-10-37(11-21-43)7-8-38-9-16-42-30-48(26-17-41(42)29-38)52(45-24-14-40(32-50)15-25-45)47-19-6-34(2)36(4)28-47/h5-30H,1-4H3/b8-7+. The lowest BCUT2D eigenvalue weighted by molar-refractivity contribution is 1.25. The summed E-state index contributed by atoms with van der Waals surface area (Å²) in [4.78, 5) is 4.47. The third-order valence-corrected chi connectivity index (χ3v) is 9.73. The third kappa shape index (κ3) is 7.06. The fourth-order valence-electron chi connectivity index (χ4n) is 6.42. The highest BCUT2D eigenvalue weighted by atomic mass is 15.1. The molecule has 0 spiro atoms. The van der Waals surface area contributed by atoms with Crippen LogP contribution in [0.1, 0.15) is 44.5 Å². The van der Waals surface area contributed by atoms with Crippen LogP contribution in [-0.2, 0) is 0 Å². The van der Waals surface area contributed by atoms with Gasteiger partial charge < -0.3 is 9.80 Å². The van der Waals surface area contributed by atoms with Crippen molar-refractivity contribution in [2.24, 2.45) is 0 Å². The predicted octanol–water partition coefficient (Wildman–Crippen LogP) is 12.9. The van der Waals surface area contributed by atoms with Crippen LogP contribution in [0, 0.1) is 50.4 Å². The molecule has 7 aromatic carbocycles. The highest BCUT2D eigenvalue weighted by Crippen LogP contribution is 2.38. The Morgan fingerprint density at radius 1 is 0.365 bits per heavy atom. The van der Waals surface area contributed by atoms with Crippen LogP contribution in [0.2, 0.25) is 0 Å². The number of fused-ring (bicyclic) bond motifs is 1. The van der Waals surface area contributed by atoms with Gasteiger partial charge in [-0.3, -0.25) is 0 Å². The van der Waals surface area contributed by atoms with E-state index >= 15 is 0 Å². The van der Waals surface area contributed by atoms with Crippen LogP contribution in [0.25, 0.3) is 22.9 Å². The fourth-order valence-corrected chi connectivity index (χ4v) is 6.42. The van der Waals surface area contributed by atoms with E-state index in [1.165, 1.54) is 22.3 Å². The Balaban J connectivity index is 1.15. The Bertz CT molecular complexity index is 2510. The summed E-state index contributed by atoms with van der Waals surface area (Å²) < 4.78 is 0. The van der Waals surface area contributed by atoms with E-state index in [1.54, 1.807) is 0 Å². The topological polar surface area (TPSA) is 54.1 Å². The molecule has 0 N–H and O–H groups in total. The summed E-state index contributed by atoms with van der Waals surface area (Å²) in [6, 6.07) is 54.6. The average Bonchev–Trinajstić information content (AvgIpc) is 3.18. The van der Waals surface area contributed by atoms with Gasteiger partial charge in [-0.05, 0) is 175 Å². The number of anilines is 6. The second kappa shape index (κ2) is 14.5. The second-order valence-corrected chi connectivity index (χ2v) is 13.2. The van der Waals surface area contributed by atoms with Gasteiger partial charge >= 0.3 is 0 Å². The Morgan fingerprint density at radius 3 is 1.23 bits per heavy atom. The zero-order valence-corrected chi connectivity index (χ0v) is 29.8. The van der Waals surface area contributed by atoms with Gasteiger partial charge in [0.25, 0.3) is 0 Å². The molecule has 250 valence electrons. The number of hydrogen-bond donors (Lipinski definition) is 0. The van der Waals surface area contributed by atoms with Gasteiger partial charge in [-0.2, -0.15) is 10.5 Å². The van der Waals surface area contributed by atoms with E-state index < -0.39 is 0 Å². The molecule has 0 bridgehead atoms. The van der Waals surface area contributed by atoms with E-state index in [0.717, 1.165) is 56.0 Å². The lowest BCUT2D eigenvalue weighted by Gasteiger charge is -2.26. The second-order valence-electron chi connectivity index (χ2n) is 13.2. The van der Waals surface area contributed by atoms with Crippen molar-refractivity contribution < 1.29 is 0 Å². The molecule has 0 saturated heterocycles. The summed E-state index contributed by atoms with van der Waals surface area (Å²) in [5.41, 5.74) is 14.7. The van der Waals surface area contributed by atoms with Crippen molar-refractivity contribution in [2.75, 3.05) is 9.80 Å². The summed E-state index contributed by atoms with van der Waals surface area (Å²) >= 11 is 0. The number of benzene rings is 7. The predicted molar refractivity (Wildman–Crippen MR) is 217 cm³/mol. The monoisotopic (exact) mass is 670 g/mol. The normalized spacial score (nSPS) is 11.0. The quantitative estimate of drug-likeness (QED) is 0.151. The first-order chi connectivity index (χ1) is 25.3. The summed E-state index contributed by atoms with van der Waals surface area (Å²) in [6.45, 7) is 8.52. The smallest absolute Gasteiger partial charge is 0.0991 e. The molecule has 0 amide bonds. The van der Waals surface area contributed by atoms with Crippen LogP contribution >= 0.6 is 0 Å². The van der Waals surface area contributed by atoms with E-state index in [2.05, 4.69) is 159 Å². The molecule has 0 aromatic heterocycles. The van der Waals surface area contributed by atoms with Gasteiger partial charge in [0.2, 0.25) is 0 Å². The first kappa shape index (κ1) is 33.6. The first-order valence-corrected chi connectivity index (χ1v) is 17.4. The van der Waals surface area contributed by atoms with Crippen molar-refractivity contribution in [1.82, 2.24) is 0 Å². The van der Waals surface area contributed by atoms with Gasteiger partial charge in [0.15, 0.2) is 0 Å². The maximum atomic E-state index is 9.37. The van der Waals surface area contributed by atoms with E-state index in [9.17, 15) is 10.5 Å². The zero-order valence-electron chi connectivity index (χ0n) is 29.8. The van der Waals surface area contributed by atoms with Gasteiger partial charge in [0.1, 0.15) is 0 Å². The van der Waals surface area contributed by atoms with E-state index in [0.29, 0.717) is 11.1 Å². The zero-order chi connectivity index (χ0) is 36.2. The van der Waals surface area contributed by atoms with Crippen molar-refractivity contribution in [2.45, 2.75) is 27.7 Å². The van der Waals surface area contributed by atoms with Gasteiger partial charge in [0.05, 0.1) is 23.3 Å². The van der Waals surface area contributed by atoms with E-state index in [1.807, 2.05) is 48.5 Å². The summed E-state index contributed by atoms with van der Waals surface area (Å²) in [5, 5.41) is 21.0. The minimum atomic E-state index is 0.640. The lowest BCUT2D eigenvalue weighted by Crippen LogP contribution is -2.10. The molecule has 0 saturated carbocycles. The number of rotatable bonds is 8. The minimum absolute atomic E-state index is 0.640. The molecule has 0 aliphatic carbocycles. The van der Waals surface area contributed by atoms with Crippen LogP contribution in [0.4, 0.5) is 34.1 Å². The van der Waals surface area contributed by atoms with Crippen molar-refractivity contribution in [1.29, 1.82) is 10.5 Å². The lowest BCUT2D eigenvalue weighted by atomic mass is 10.0. The number of nitriles is 2. The summed E-state index contributed by atoms with van der Waals surface area (Å²) in [7, 11) is 0. The van der Waals surface area contributed by atoms with E-state index in [4.69, 9.17) is 0 Å². The van der Waals surface area contributed by atoms with Gasteiger partial charge in [-0.15, -0.1) is 0 Å². The van der Waals surface area contributed by atoms with Crippen LogP contribution < -0.4 is 9.80 Å². The van der Waals surface area contributed by atoms with Gasteiger partial charge in [0, 0.05) is 34.1 Å². The maximum Gasteiger partial charge on any atom is 0.0991 e. The molecule has 0 aliphatic heterocycles. The summed E-state index contributed by atoms with van der Waals surface area (Å²) in [6.07, 6.45) is 4.30. The largest absolute Gasteiger partial charge is 0.310 e. The maximum absolute atomic E-state index is 9.37. The van der Waals surface area contributed by atoms with Crippen LogP contribution in [-0.4, -0.2) is 0 Å². The molecular formula is C48H38N4. The Hall–Kier alpha value is -6.88. The van der Waals surface area contributed by atoms with Crippen LogP contribution in [0.5, 0.6) is 0 Å². The molecule has 4 nitrogen and oxygen atoms in total. The minimum Gasteiger partial charge on any atom is -0.310 e. The Labute approximate surface area is 306 Å². The molecular weight excluding hydrogens is 633 g/mol. The van der Waals surface area contributed by atoms with Crippen LogP contribution in [0.15, 0.2) is 146 Å². The van der Waals surface area contributed by atoms with Crippen LogP contribution in [0.3, 0.4) is 0 Å². The van der Waals surface area contributed by atoms with Crippen molar-refractivity contribution >= 4 is 57.0 Å². The molecule has 52 heavy (non-hydrogen) atoms. The van der Waals surface area contributed by atoms with Crippen molar-refractivity contribution in [3.8, 4) is 12.1 Å². The Kier molecular flexibility index (Phi) is 9.40. The Morgan fingerprint density at radius 2 is 0.731 bits per heavy atom. The SMILES string of the molecule is Cc1ccc(N(c2ccc(C#N)cc2)c2ccc(/C=C/c3ccc4cc(N(c5ccc(C#N)cc5)c5ccc(C)c(C)c5)ccc4c3)cc2)cc1C.